The van der Waals surface area contributed by atoms with Crippen molar-refractivity contribution >= 4 is 5.91 Å². The zero-order valence-electron chi connectivity index (χ0n) is 8.75. The average Bonchev–Trinajstić information content (AvgIpc) is 2.20. The Hall–Kier alpha value is -0.610. The highest BCUT2D eigenvalue weighted by molar-refractivity contribution is 5.75. The fourth-order valence-corrected chi connectivity index (χ4v) is 1.85. The predicted octanol–water partition coefficient (Wildman–Crippen LogP) is 0.0156. The van der Waals surface area contributed by atoms with E-state index in [9.17, 15) is 9.90 Å². The molecule has 0 spiro atoms. The minimum atomic E-state index is -0.228. The summed E-state index contributed by atoms with van der Waals surface area (Å²) in [5, 5.41) is 15.4. The first-order valence-electron chi connectivity index (χ1n) is 5.36. The number of carbonyl (C=O) groups excluding carboxylic acids is 1. The molecule has 0 saturated heterocycles. The Labute approximate surface area is 85.1 Å². The maximum Gasteiger partial charge on any atom is 0.221 e. The number of hydrogen-bond acceptors (Lipinski definition) is 3. The van der Waals surface area contributed by atoms with Gasteiger partial charge in [-0.2, -0.15) is 0 Å². The van der Waals surface area contributed by atoms with Crippen LogP contribution in [-0.2, 0) is 4.79 Å². The zero-order valence-corrected chi connectivity index (χ0v) is 8.75. The first kappa shape index (κ1) is 11.5. The second-order valence-corrected chi connectivity index (χ2v) is 3.84. The van der Waals surface area contributed by atoms with E-state index in [1.807, 2.05) is 0 Å². The predicted molar refractivity (Wildman–Crippen MR) is 54.9 cm³/mol. The molecule has 14 heavy (non-hydrogen) atoms. The molecule has 0 aromatic heterocycles. The van der Waals surface area contributed by atoms with Gasteiger partial charge in [-0.05, 0) is 12.8 Å². The summed E-state index contributed by atoms with van der Waals surface area (Å²) in [7, 11) is 1.64. The maximum absolute atomic E-state index is 10.9. The van der Waals surface area contributed by atoms with Crippen LogP contribution in [0.4, 0.5) is 0 Å². The molecule has 0 aromatic carbocycles. The molecule has 4 heteroatoms. The molecule has 0 heterocycles. The number of nitrogens with one attached hydrogen (secondary N) is 2. The summed E-state index contributed by atoms with van der Waals surface area (Å²) in [5.41, 5.74) is 0. The van der Waals surface area contributed by atoms with Crippen LogP contribution in [0.1, 0.15) is 32.1 Å². The first-order valence-corrected chi connectivity index (χ1v) is 5.36. The van der Waals surface area contributed by atoms with Gasteiger partial charge in [-0.25, -0.2) is 0 Å². The number of aliphatic hydroxyl groups is 1. The summed E-state index contributed by atoms with van der Waals surface area (Å²) in [6.07, 6.45) is 4.46. The lowest BCUT2D eigenvalue weighted by Gasteiger charge is -2.28. The normalized spacial score (nSPS) is 27.3. The first-order chi connectivity index (χ1) is 6.74. The summed E-state index contributed by atoms with van der Waals surface area (Å²) >= 11 is 0. The summed E-state index contributed by atoms with van der Waals surface area (Å²) in [4.78, 5) is 10.9. The van der Waals surface area contributed by atoms with E-state index < -0.39 is 0 Å². The number of aliphatic hydroxyl groups excluding tert-OH is 1. The smallest absolute Gasteiger partial charge is 0.221 e. The van der Waals surface area contributed by atoms with Gasteiger partial charge in [0.25, 0.3) is 0 Å². The van der Waals surface area contributed by atoms with Crippen molar-refractivity contribution in [2.75, 3.05) is 13.6 Å². The molecular formula is C10H20N2O2. The van der Waals surface area contributed by atoms with Gasteiger partial charge in [0, 0.05) is 26.1 Å². The minimum Gasteiger partial charge on any atom is -0.392 e. The average molecular weight is 200 g/mol. The fourth-order valence-electron chi connectivity index (χ4n) is 1.85. The Morgan fingerprint density at radius 3 is 2.79 bits per heavy atom. The Kier molecular flexibility index (Phi) is 4.90. The van der Waals surface area contributed by atoms with Crippen molar-refractivity contribution in [3.63, 3.8) is 0 Å². The molecule has 1 aliphatic rings. The highest BCUT2D eigenvalue weighted by Crippen LogP contribution is 2.17. The molecule has 2 atom stereocenters. The van der Waals surface area contributed by atoms with E-state index in [1.54, 1.807) is 7.05 Å². The van der Waals surface area contributed by atoms with Crippen molar-refractivity contribution in [1.29, 1.82) is 0 Å². The van der Waals surface area contributed by atoms with Crippen LogP contribution in [-0.4, -0.2) is 36.8 Å². The lowest BCUT2D eigenvalue weighted by Crippen LogP contribution is -2.43. The molecule has 3 N–H and O–H groups in total. The molecule has 4 nitrogen and oxygen atoms in total. The molecule has 0 aromatic rings. The van der Waals surface area contributed by atoms with Crippen molar-refractivity contribution in [1.82, 2.24) is 10.6 Å². The van der Waals surface area contributed by atoms with Crippen molar-refractivity contribution in [2.24, 2.45) is 0 Å². The monoisotopic (exact) mass is 200 g/mol. The van der Waals surface area contributed by atoms with Crippen LogP contribution in [0.2, 0.25) is 0 Å². The highest BCUT2D eigenvalue weighted by atomic mass is 16.3. The quantitative estimate of drug-likeness (QED) is 0.599. The fraction of sp³-hybridized carbons (Fsp3) is 0.900. The Bertz CT molecular complexity index is 185. The number of hydrogen-bond donors (Lipinski definition) is 3. The van der Waals surface area contributed by atoms with Crippen molar-refractivity contribution in [2.45, 2.75) is 44.2 Å². The molecule has 82 valence electrons. The third kappa shape index (κ3) is 3.64. The molecule has 1 fully saturated rings. The second-order valence-electron chi connectivity index (χ2n) is 3.84. The van der Waals surface area contributed by atoms with Crippen LogP contribution < -0.4 is 10.6 Å². The molecule has 1 aliphatic carbocycles. The Morgan fingerprint density at radius 2 is 2.14 bits per heavy atom. The topological polar surface area (TPSA) is 61.4 Å². The third-order valence-corrected chi connectivity index (χ3v) is 2.77. The minimum absolute atomic E-state index is 0.0443. The van der Waals surface area contributed by atoms with Gasteiger partial charge in [-0.3, -0.25) is 4.79 Å². The molecule has 1 amide bonds. The molecular weight excluding hydrogens is 180 g/mol. The second kappa shape index (κ2) is 5.98. The van der Waals surface area contributed by atoms with Gasteiger partial charge in [-0.1, -0.05) is 12.8 Å². The standard InChI is InChI=1S/C10H20N2O2/c1-11-10(14)6-7-12-8-4-2-3-5-9(8)13/h8-9,12-13H,2-7H2,1H3,(H,11,14)/t8-,9-/m1/s1. The van der Waals surface area contributed by atoms with E-state index in [1.165, 1.54) is 6.42 Å². The highest BCUT2D eigenvalue weighted by Gasteiger charge is 2.21. The molecule has 1 saturated carbocycles. The molecule has 0 bridgehead atoms. The van der Waals surface area contributed by atoms with E-state index in [4.69, 9.17) is 0 Å². The van der Waals surface area contributed by atoms with Crippen LogP contribution in [0.15, 0.2) is 0 Å². The van der Waals surface area contributed by atoms with E-state index >= 15 is 0 Å². The SMILES string of the molecule is CNC(=O)CCN[C@@H]1CCCC[C@H]1O. The van der Waals surface area contributed by atoms with Crippen molar-refractivity contribution in [3.05, 3.63) is 0 Å². The zero-order chi connectivity index (χ0) is 10.4. The van der Waals surface area contributed by atoms with Gasteiger partial charge in [0.2, 0.25) is 5.91 Å². The van der Waals surface area contributed by atoms with Crippen LogP contribution in [0, 0.1) is 0 Å². The van der Waals surface area contributed by atoms with Crippen LogP contribution in [0.25, 0.3) is 0 Å². The van der Waals surface area contributed by atoms with Crippen molar-refractivity contribution < 1.29 is 9.90 Å². The van der Waals surface area contributed by atoms with E-state index in [0.717, 1.165) is 19.3 Å². The van der Waals surface area contributed by atoms with Crippen LogP contribution in [0.5, 0.6) is 0 Å². The van der Waals surface area contributed by atoms with E-state index in [2.05, 4.69) is 10.6 Å². The van der Waals surface area contributed by atoms with Gasteiger partial charge >= 0.3 is 0 Å². The molecule has 0 radical (unpaired) electrons. The molecule has 0 aliphatic heterocycles. The summed E-state index contributed by atoms with van der Waals surface area (Å²) in [6.45, 7) is 0.654. The Morgan fingerprint density at radius 1 is 1.43 bits per heavy atom. The largest absolute Gasteiger partial charge is 0.392 e. The Balaban J connectivity index is 2.13. The number of carbonyl (C=O) groups is 1. The molecule has 0 unspecified atom stereocenters. The molecule has 1 rings (SSSR count). The third-order valence-electron chi connectivity index (χ3n) is 2.77. The van der Waals surface area contributed by atoms with Gasteiger partial charge in [-0.15, -0.1) is 0 Å². The summed E-state index contributed by atoms with van der Waals surface area (Å²) in [5.74, 6) is 0.0443. The van der Waals surface area contributed by atoms with E-state index in [0.29, 0.717) is 13.0 Å². The van der Waals surface area contributed by atoms with E-state index in [-0.39, 0.29) is 18.1 Å². The lowest BCUT2D eigenvalue weighted by atomic mass is 9.92. The van der Waals surface area contributed by atoms with Gasteiger partial charge in [0.15, 0.2) is 0 Å². The number of amides is 1. The number of rotatable bonds is 4. The lowest BCUT2D eigenvalue weighted by molar-refractivity contribution is -0.120. The van der Waals surface area contributed by atoms with Crippen LogP contribution in [0.3, 0.4) is 0 Å². The maximum atomic E-state index is 10.9. The van der Waals surface area contributed by atoms with Crippen molar-refractivity contribution in [3.8, 4) is 0 Å². The van der Waals surface area contributed by atoms with Gasteiger partial charge in [0.1, 0.15) is 0 Å². The van der Waals surface area contributed by atoms with Crippen LogP contribution >= 0.6 is 0 Å². The van der Waals surface area contributed by atoms with Gasteiger partial charge in [0.05, 0.1) is 6.10 Å². The summed E-state index contributed by atoms with van der Waals surface area (Å²) < 4.78 is 0. The summed E-state index contributed by atoms with van der Waals surface area (Å²) in [6, 6.07) is 0.188. The van der Waals surface area contributed by atoms with Gasteiger partial charge < -0.3 is 15.7 Å².